The summed E-state index contributed by atoms with van der Waals surface area (Å²) < 4.78 is 13.2. The van der Waals surface area contributed by atoms with E-state index in [1.54, 1.807) is 19.1 Å². The summed E-state index contributed by atoms with van der Waals surface area (Å²) in [6.45, 7) is 1.51. The fraction of sp³-hybridized carbons (Fsp3) is 0.300. The summed E-state index contributed by atoms with van der Waals surface area (Å²) in [4.78, 5) is 26.3. The Kier molecular flexibility index (Phi) is 5.04. The van der Waals surface area contributed by atoms with Gasteiger partial charge in [-0.05, 0) is 48.2 Å². The molecular weight excluding hydrogens is 335 g/mol. The molecule has 3 atom stereocenters. The van der Waals surface area contributed by atoms with Gasteiger partial charge in [0.25, 0.3) is 5.91 Å². The second-order valence-corrected chi connectivity index (χ2v) is 6.61. The summed E-state index contributed by atoms with van der Waals surface area (Å²) in [5, 5.41) is 9.90. The van der Waals surface area contributed by atoms with Gasteiger partial charge in [-0.2, -0.15) is 0 Å². The molecule has 1 aliphatic rings. The highest BCUT2D eigenvalue weighted by Gasteiger charge is 2.39. The Bertz CT molecular complexity index is 822. The van der Waals surface area contributed by atoms with E-state index < -0.39 is 23.7 Å². The summed E-state index contributed by atoms with van der Waals surface area (Å²) in [6, 6.07) is 12.1. The predicted octanol–water partition coefficient (Wildman–Crippen LogP) is 2.44. The number of fused-ring (bicyclic) bond motifs is 1. The number of amides is 2. The highest BCUT2D eigenvalue weighted by Crippen LogP contribution is 2.42. The first-order valence-corrected chi connectivity index (χ1v) is 8.52. The molecule has 0 aliphatic carbocycles. The molecule has 0 aromatic heterocycles. The zero-order valence-electron chi connectivity index (χ0n) is 14.4. The lowest BCUT2D eigenvalue weighted by molar-refractivity contribution is -0.122. The number of halogens is 1. The van der Waals surface area contributed by atoms with E-state index >= 15 is 0 Å². The van der Waals surface area contributed by atoms with Gasteiger partial charge in [0.15, 0.2) is 0 Å². The van der Waals surface area contributed by atoms with E-state index in [-0.39, 0.29) is 18.4 Å². The van der Waals surface area contributed by atoms with Gasteiger partial charge in [0.1, 0.15) is 5.82 Å². The van der Waals surface area contributed by atoms with E-state index in [0.717, 1.165) is 5.56 Å². The van der Waals surface area contributed by atoms with E-state index in [1.807, 2.05) is 12.1 Å². The van der Waals surface area contributed by atoms with Crippen LogP contribution < -0.4 is 10.6 Å². The van der Waals surface area contributed by atoms with Crippen LogP contribution in [-0.2, 0) is 4.79 Å². The van der Waals surface area contributed by atoms with Crippen LogP contribution in [-0.4, -0.2) is 29.6 Å². The molecule has 0 saturated heterocycles. The topological polar surface area (TPSA) is 83.6 Å². The number of benzene rings is 2. The van der Waals surface area contributed by atoms with E-state index in [9.17, 15) is 19.1 Å². The van der Waals surface area contributed by atoms with Gasteiger partial charge in [-0.3, -0.25) is 9.59 Å². The number of primary amides is 1. The zero-order chi connectivity index (χ0) is 18.8. The van der Waals surface area contributed by atoms with Gasteiger partial charge in [0.05, 0.1) is 12.6 Å². The Hall–Kier alpha value is -2.73. The molecule has 3 N–H and O–H groups in total. The van der Waals surface area contributed by atoms with Gasteiger partial charge in [0.2, 0.25) is 5.91 Å². The molecule has 0 spiro atoms. The number of hydrogen-bond donors (Lipinski definition) is 2. The summed E-state index contributed by atoms with van der Waals surface area (Å²) in [7, 11) is 0. The zero-order valence-corrected chi connectivity index (χ0v) is 14.4. The molecule has 2 aromatic carbocycles. The molecule has 26 heavy (non-hydrogen) atoms. The number of anilines is 1. The Morgan fingerprint density at radius 2 is 1.88 bits per heavy atom. The highest BCUT2D eigenvalue weighted by atomic mass is 19.1. The fourth-order valence-electron chi connectivity index (χ4n) is 3.58. The lowest BCUT2D eigenvalue weighted by Gasteiger charge is -2.41. The molecule has 0 fully saturated rings. The van der Waals surface area contributed by atoms with Crippen LogP contribution >= 0.6 is 0 Å². The van der Waals surface area contributed by atoms with Crippen molar-refractivity contribution in [1.82, 2.24) is 0 Å². The van der Waals surface area contributed by atoms with Crippen molar-refractivity contribution in [3.63, 3.8) is 0 Å². The maximum absolute atomic E-state index is 13.2. The van der Waals surface area contributed by atoms with Gasteiger partial charge >= 0.3 is 0 Å². The number of nitrogens with two attached hydrogens (primary N) is 1. The minimum Gasteiger partial charge on any atom is -0.394 e. The summed E-state index contributed by atoms with van der Waals surface area (Å²) in [5.74, 6) is -1.76. The molecule has 136 valence electrons. The fourth-order valence-corrected chi connectivity index (χ4v) is 3.58. The van der Waals surface area contributed by atoms with Crippen LogP contribution in [0.1, 0.15) is 35.2 Å². The second-order valence-electron chi connectivity index (χ2n) is 6.61. The molecule has 5 nitrogen and oxygen atoms in total. The quantitative estimate of drug-likeness (QED) is 0.883. The van der Waals surface area contributed by atoms with Crippen LogP contribution in [0.4, 0.5) is 10.1 Å². The average Bonchev–Trinajstić information content (AvgIpc) is 2.66. The maximum atomic E-state index is 13.2. The highest BCUT2D eigenvalue weighted by molar-refractivity contribution is 6.07. The Balaban J connectivity index is 2.06. The third-order valence-corrected chi connectivity index (χ3v) is 5.06. The van der Waals surface area contributed by atoms with Crippen LogP contribution in [0.2, 0.25) is 0 Å². The Labute approximate surface area is 151 Å². The number of carbonyl (C=O) groups is 2. The lowest BCUT2D eigenvalue weighted by atomic mass is 9.77. The minimum absolute atomic E-state index is 0.182. The van der Waals surface area contributed by atoms with Gasteiger partial charge < -0.3 is 15.7 Å². The molecule has 1 aliphatic heterocycles. The minimum atomic E-state index is -0.491. The smallest absolute Gasteiger partial charge is 0.258 e. The summed E-state index contributed by atoms with van der Waals surface area (Å²) in [5.41, 5.74) is 7.32. The Morgan fingerprint density at radius 3 is 2.50 bits per heavy atom. The van der Waals surface area contributed by atoms with Gasteiger partial charge in [-0.1, -0.05) is 25.1 Å². The first kappa shape index (κ1) is 18.1. The largest absolute Gasteiger partial charge is 0.394 e. The van der Waals surface area contributed by atoms with Crippen molar-refractivity contribution in [2.45, 2.75) is 25.3 Å². The van der Waals surface area contributed by atoms with Crippen molar-refractivity contribution in [3.05, 3.63) is 65.5 Å². The average molecular weight is 356 g/mol. The molecule has 1 heterocycles. The van der Waals surface area contributed by atoms with Gasteiger partial charge in [-0.25, -0.2) is 4.39 Å². The molecule has 3 unspecified atom stereocenters. The van der Waals surface area contributed by atoms with E-state index in [1.165, 1.54) is 29.2 Å². The first-order chi connectivity index (χ1) is 12.4. The number of aliphatic hydroxyl groups excluding tert-OH is 1. The number of nitrogens with zero attached hydrogens (tertiary/aromatic N) is 1. The lowest BCUT2D eigenvalue weighted by Crippen LogP contribution is -2.48. The SMILES string of the molecule is CC(C(N)=O)C1CC(CO)N(C(=O)c2ccc(F)cc2)c2ccccc21. The van der Waals surface area contributed by atoms with E-state index in [4.69, 9.17) is 5.73 Å². The molecule has 0 bridgehead atoms. The van der Waals surface area contributed by atoms with Crippen molar-refractivity contribution >= 4 is 17.5 Å². The number of para-hydroxylation sites is 1. The molecule has 2 aromatic rings. The van der Waals surface area contributed by atoms with Crippen molar-refractivity contribution in [3.8, 4) is 0 Å². The van der Waals surface area contributed by atoms with Crippen LogP contribution in [0.5, 0.6) is 0 Å². The number of hydrogen-bond acceptors (Lipinski definition) is 3. The normalized spacial score (nSPS) is 20.3. The van der Waals surface area contributed by atoms with Crippen molar-refractivity contribution < 1.29 is 19.1 Å². The van der Waals surface area contributed by atoms with Crippen molar-refractivity contribution in [2.75, 3.05) is 11.5 Å². The van der Waals surface area contributed by atoms with E-state index in [2.05, 4.69) is 0 Å². The maximum Gasteiger partial charge on any atom is 0.258 e. The van der Waals surface area contributed by atoms with Gasteiger partial charge in [-0.15, -0.1) is 0 Å². The van der Waals surface area contributed by atoms with Gasteiger partial charge in [0, 0.05) is 17.2 Å². The third-order valence-electron chi connectivity index (χ3n) is 5.06. The van der Waals surface area contributed by atoms with Crippen LogP contribution in [0.15, 0.2) is 48.5 Å². The number of aliphatic hydroxyl groups is 1. The first-order valence-electron chi connectivity index (χ1n) is 8.52. The van der Waals surface area contributed by atoms with Crippen molar-refractivity contribution in [2.24, 2.45) is 11.7 Å². The molecule has 6 heteroatoms. The van der Waals surface area contributed by atoms with Crippen LogP contribution in [0.25, 0.3) is 0 Å². The predicted molar refractivity (Wildman–Crippen MR) is 96.2 cm³/mol. The molecular formula is C20H21FN2O3. The summed E-state index contributed by atoms with van der Waals surface area (Å²) in [6.07, 6.45) is 0.421. The standard InChI is InChI=1S/C20H21FN2O3/c1-12(19(22)25)17-10-15(11-24)23(18-5-3-2-4-16(17)18)20(26)13-6-8-14(21)9-7-13/h2-9,12,15,17,24H,10-11H2,1H3,(H2,22,25). The Morgan fingerprint density at radius 1 is 1.23 bits per heavy atom. The molecule has 0 radical (unpaired) electrons. The summed E-state index contributed by atoms with van der Waals surface area (Å²) >= 11 is 0. The molecule has 3 rings (SSSR count). The molecule has 0 saturated carbocycles. The molecule has 2 amide bonds. The second kappa shape index (κ2) is 7.25. The third kappa shape index (κ3) is 3.20. The van der Waals surface area contributed by atoms with E-state index in [0.29, 0.717) is 17.7 Å². The number of rotatable bonds is 4. The van der Waals surface area contributed by atoms with Crippen LogP contribution in [0, 0.1) is 11.7 Å². The van der Waals surface area contributed by atoms with Crippen molar-refractivity contribution in [1.29, 1.82) is 0 Å². The number of carbonyl (C=O) groups excluding carboxylic acids is 2. The monoisotopic (exact) mass is 356 g/mol. The van der Waals surface area contributed by atoms with Crippen LogP contribution in [0.3, 0.4) is 0 Å².